The molecule has 0 saturated carbocycles. The average Bonchev–Trinajstić information content (AvgIpc) is 2.17. The van der Waals surface area contributed by atoms with Crippen LogP contribution in [0.25, 0.3) is 0 Å². The summed E-state index contributed by atoms with van der Waals surface area (Å²) in [5, 5.41) is 2.68. The largest absolute Gasteiger partial charge is 0.443 e. The highest BCUT2D eigenvalue weighted by Gasteiger charge is 2.26. The Balaban J connectivity index is 1.78. The van der Waals surface area contributed by atoms with Gasteiger partial charge in [0.05, 0.1) is 0 Å². The fraction of sp³-hybridized carbons (Fsp3) is 0.364. The van der Waals surface area contributed by atoms with Crippen LogP contribution in [0, 0.1) is 0 Å². The summed E-state index contributed by atoms with van der Waals surface area (Å²) in [6, 6.07) is 9.29. The normalized spacial score (nSPS) is 16.9. The number of nitrogens with one attached hydrogen (secondary N) is 1. The van der Waals surface area contributed by atoms with Crippen molar-refractivity contribution in [1.82, 2.24) is 4.90 Å². The Morgan fingerprint density at radius 1 is 1.40 bits per heavy atom. The Morgan fingerprint density at radius 3 is 2.67 bits per heavy atom. The van der Waals surface area contributed by atoms with Gasteiger partial charge in [-0.05, 0) is 19.2 Å². The molecule has 4 nitrogen and oxygen atoms in total. The summed E-state index contributed by atoms with van der Waals surface area (Å²) in [6.07, 6.45) is -0.335. The van der Waals surface area contributed by atoms with E-state index in [9.17, 15) is 4.79 Å². The highest BCUT2D eigenvalue weighted by atomic mass is 16.6. The maximum atomic E-state index is 11.4. The molecule has 1 aromatic rings. The SMILES string of the molecule is CN1CC(OC(=O)Nc2ccccc2)C1. The van der Waals surface area contributed by atoms with Gasteiger partial charge in [-0.25, -0.2) is 4.79 Å². The molecule has 0 radical (unpaired) electrons. The molecule has 1 heterocycles. The molecular weight excluding hydrogens is 192 g/mol. The number of rotatable bonds is 2. The second kappa shape index (κ2) is 4.31. The first-order chi connectivity index (χ1) is 7.24. The smallest absolute Gasteiger partial charge is 0.411 e. The molecule has 1 aliphatic rings. The maximum absolute atomic E-state index is 11.4. The van der Waals surface area contributed by atoms with Gasteiger partial charge in [-0.15, -0.1) is 0 Å². The van der Waals surface area contributed by atoms with Gasteiger partial charge in [-0.2, -0.15) is 0 Å². The van der Waals surface area contributed by atoms with Crippen LogP contribution in [0.5, 0.6) is 0 Å². The quantitative estimate of drug-likeness (QED) is 0.798. The molecule has 1 saturated heterocycles. The predicted octanol–water partition coefficient (Wildman–Crippen LogP) is 1.55. The van der Waals surface area contributed by atoms with E-state index < -0.39 is 0 Å². The molecule has 0 spiro atoms. The predicted molar refractivity (Wildman–Crippen MR) is 57.8 cm³/mol. The van der Waals surface area contributed by atoms with Crippen LogP contribution in [0.1, 0.15) is 0 Å². The molecular formula is C11H14N2O2. The number of carbonyl (C=O) groups is 1. The van der Waals surface area contributed by atoms with Gasteiger partial charge in [0.1, 0.15) is 6.10 Å². The fourth-order valence-corrected chi connectivity index (χ4v) is 1.54. The van der Waals surface area contributed by atoms with Crippen LogP contribution < -0.4 is 5.32 Å². The van der Waals surface area contributed by atoms with Crippen LogP contribution in [0.3, 0.4) is 0 Å². The summed E-state index contributed by atoms with van der Waals surface area (Å²) in [7, 11) is 2.00. The van der Waals surface area contributed by atoms with Crippen molar-refractivity contribution in [2.45, 2.75) is 6.10 Å². The fourth-order valence-electron chi connectivity index (χ4n) is 1.54. The lowest BCUT2D eigenvalue weighted by atomic mass is 10.2. The third kappa shape index (κ3) is 2.70. The van der Waals surface area contributed by atoms with E-state index in [0.717, 1.165) is 18.8 Å². The van der Waals surface area contributed by atoms with Crippen molar-refractivity contribution < 1.29 is 9.53 Å². The van der Waals surface area contributed by atoms with Crippen molar-refractivity contribution >= 4 is 11.8 Å². The topological polar surface area (TPSA) is 41.6 Å². The summed E-state index contributed by atoms with van der Waals surface area (Å²) < 4.78 is 5.17. The van der Waals surface area contributed by atoms with Crippen molar-refractivity contribution in [2.75, 3.05) is 25.5 Å². The summed E-state index contributed by atoms with van der Waals surface area (Å²) in [5.41, 5.74) is 0.759. The number of nitrogens with zero attached hydrogens (tertiary/aromatic N) is 1. The molecule has 1 N–H and O–H groups in total. The van der Waals surface area contributed by atoms with E-state index in [2.05, 4.69) is 10.2 Å². The minimum atomic E-state index is -0.376. The molecule has 4 heteroatoms. The standard InChI is InChI=1S/C11H14N2O2/c1-13-7-10(8-13)15-11(14)12-9-5-3-2-4-6-9/h2-6,10H,7-8H2,1H3,(H,12,14). The van der Waals surface area contributed by atoms with Crippen LogP contribution in [-0.2, 0) is 4.74 Å². The molecule has 0 aromatic heterocycles. The van der Waals surface area contributed by atoms with Crippen LogP contribution in [0.15, 0.2) is 30.3 Å². The number of benzene rings is 1. The summed E-state index contributed by atoms with van der Waals surface area (Å²) in [6.45, 7) is 1.64. The van der Waals surface area contributed by atoms with Gasteiger partial charge >= 0.3 is 6.09 Å². The average molecular weight is 206 g/mol. The minimum Gasteiger partial charge on any atom is -0.443 e. The minimum absolute atomic E-state index is 0.0405. The van der Waals surface area contributed by atoms with E-state index in [1.165, 1.54) is 0 Å². The number of hydrogen-bond acceptors (Lipinski definition) is 3. The Morgan fingerprint density at radius 2 is 2.07 bits per heavy atom. The molecule has 15 heavy (non-hydrogen) atoms. The number of ether oxygens (including phenoxy) is 1. The van der Waals surface area contributed by atoms with Crippen LogP contribution in [0.4, 0.5) is 10.5 Å². The number of likely N-dealkylation sites (N-methyl/N-ethyl adjacent to an activating group) is 1. The Hall–Kier alpha value is -1.55. The van der Waals surface area contributed by atoms with E-state index in [1.54, 1.807) is 0 Å². The first-order valence-corrected chi connectivity index (χ1v) is 4.95. The molecule has 1 aliphatic heterocycles. The van der Waals surface area contributed by atoms with E-state index in [-0.39, 0.29) is 12.2 Å². The van der Waals surface area contributed by atoms with Crippen LogP contribution in [-0.4, -0.2) is 37.2 Å². The lowest BCUT2D eigenvalue weighted by Gasteiger charge is -2.35. The van der Waals surface area contributed by atoms with Crippen molar-refractivity contribution in [2.24, 2.45) is 0 Å². The van der Waals surface area contributed by atoms with E-state index in [0.29, 0.717) is 0 Å². The van der Waals surface area contributed by atoms with Gasteiger partial charge in [0.2, 0.25) is 0 Å². The van der Waals surface area contributed by atoms with Gasteiger partial charge in [0, 0.05) is 18.8 Å². The molecule has 0 atom stereocenters. The summed E-state index contributed by atoms with van der Waals surface area (Å²) >= 11 is 0. The first kappa shape index (κ1) is 9.98. The highest BCUT2D eigenvalue weighted by molar-refractivity contribution is 5.84. The van der Waals surface area contributed by atoms with Crippen LogP contribution >= 0.6 is 0 Å². The molecule has 1 amide bonds. The lowest BCUT2D eigenvalue weighted by molar-refractivity contribution is 0.00683. The third-order valence-electron chi connectivity index (χ3n) is 2.32. The molecule has 0 unspecified atom stereocenters. The second-order valence-electron chi connectivity index (χ2n) is 3.74. The van der Waals surface area contributed by atoms with Gasteiger partial charge in [0.25, 0.3) is 0 Å². The van der Waals surface area contributed by atoms with Gasteiger partial charge < -0.3 is 4.74 Å². The maximum Gasteiger partial charge on any atom is 0.411 e. The van der Waals surface area contributed by atoms with E-state index in [1.807, 2.05) is 37.4 Å². The molecule has 80 valence electrons. The zero-order chi connectivity index (χ0) is 10.7. The molecule has 2 rings (SSSR count). The number of hydrogen-bond donors (Lipinski definition) is 1. The summed E-state index contributed by atoms with van der Waals surface area (Å²) in [5.74, 6) is 0. The van der Waals surface area contributed by atoms with Gasteiger partial charge in [0.15, 0.2) is 0 Å². The number of para-hydroxylation sites is 1. The second-order valence-corrected chi connectivity index (χ2v) is 3.74. The number of anilines is 1. The first-order valence-electron chi connectivity index (χ1n) is 4.95. The summed E-state index contributed by atoms with van der Waals surface area (Å²) in [4.78, 5) is 13.5. The monoisotopic (exact) mass is 206 g/mol. The Labute approximate surface area is 88.8 Å². The highest BCUT2D eigenvalue weighted by Crippen LogP contribution is 2.11. The van der Waals surface area contributed by atoms with Crippen molar-refractivity contribution in [3.63, 3.8) is 0 Å². The van der Waals surface area contributed by atoms with E-state index >= 15 is 0 Å². The van der Waals surface area contributed by atoms with Gasteiger partial charge in [-0.3, -0.25) is 10.2 Å². The Kier molecular flexibility index (Phi) is 2.87. The Bertz CT molecular complexity index is 334. The molecule has 0 aliphatic carbocycles. The molecule has 0 bridgehead atoms. The molecule has 1 aromatic carbocycles. The number of carbonyl (C=O) groups excluding carboxylic acids is 1. The number of likely N-dealkylation sites (tertiary alicyclic amines) is 1. The zero-order valence-corrected chi connectivity index (χ0v) is 8.64. The third-order valence-corrected chi connectivity index (χ3v) is 2.32. The van der Waals surface area contributed by atoms with Crippen molar-refractivity contribution in [3.05, 3.63) is 30.3 Å². The zero-order valence-electron chi connectivity index (χ0n) is 8.64. The van der Waals surface area contributed by atoms with Crippen molar-refractivity contribution in [1.29, 1.82) is 0 Å². The van der Waals surface area contributed by atoms with E-state index in [4.69, 9.17) is 4.74 Å². The van der Waals surface area contributed by atoms with Crippen molar-refractivity contribution in [3.8, 4) is 0 Å². The number of amides is 1. The molecule has 1 fully saturated rings. The lowest BCUT2D eigenvalue weighted by Crippen LogP contribution is -2.50. The van der Waals surface area contributed by atoms with Gasteiger partial charge in [-0.1, -0.05) is 18.2 Å². The van der Waals surface area contributed by atoms with Crippen LogP contribution in [0.2, 0.25) is 0 Å².